The Bertz CT molecular complexity index is 1810. The number of hydrogen-bond acceptors (Lipinski definition) is 6. The molecule has 0 saturated heterocycles. The van der Waals surface area contributed by atoms with Crippen LogP contribution in [0.1, 0.15) is 24.9 Å². The van der Waals surface area contributed by atoms with Crippen molar-refractivity contribution in [1.29, 1.82) is 0 Å². The van der Waals surface area contributed by atoms with Crippen molar-refractivity contribution in [3.8, 4) is 11.5 Å². The predicted molar refractivity (Wildman–Crippen MR) is 165 cm³/mol. The summed E-state index contributed by atoms with van der Waals surface area (Å²) in [5.41, 5.74) is -0.0967. The number of hydrogen-bond donors (Lipinski definition) is 0. The Balaban J connectivity index is 1.56. The second-order valence-corrected chi connectivity index (χ2v) is 14.1. The number of methoxy groups -OCH3 is 1. The van der Waals surface area contributed by atoms with Crippen LogP contribution in [0.5, 0.6) is 11.5 Å². The quantitative estimate of drug-likeness (QED) is 0.148. The van der Waals surface area contributed by atoms with Crippen LogP contribution < -0.4 is 13.8 Å². The van der Waals surface area contributed by atoms with E-state index in [1.54, 1.807) is 36.4 Å². The average molecular weight is 665 g/mol. The zero-order valence-corrected chi connectivity index (χ0v) is 26.5. The molecule has 8 nitrogen and oxygen atoms in total. The molecule has 4 aromatic rings. The largest absolute Gasteiger partial charge is 0.497 e. The minimum Gasteiger partial charge on any atom is -0.497 e. The Labute approximate surface area is 261 Å². The van der Waals surface area contributed by atoms with Crippen molar-refractivity contribution < 1.29 is 35.1 Å². The van der Waals surface area contributed by atoms with Gasteiger partial charge in [-0.3, -0.25) is 4.31 Å². The van der Waals surface area contributed by atoms with Crippen LogP contribution in [0.4, 0.5) is 14.5 Å². The number of anilines is 1. The number of para-hydroxylation sites is 1. The van der Waals surface area contributed by atoms with Gasteiger partial charge in [-0.25, -0.2) is 29.9 Å². The van der Waals surface area contributed by atoms with Crippen LogP contribution in [0.3, 0.4) is 0 Å². The molecule has 44 heavy (non-hydrogen) atoms. The van der Waals surface area contributed by atoms with E-state index in [0.29, 0.717) is 28.5 Å². The highest BCUT2D eigenvalue weighted by atomic mass is 35.5. The predicted octanol–water partition coefficient (Wildman–Crippen LogP) is 6.67. The first-order valence-electron chi connectivity index (χ1n) is 13.4. The molecule has 4 aromatic carbocycles. The van der Waals surface area contributed by atoms with E-state index >= 15 is 4.39 Å². The van der Waals surface area contributed by atoms with E-state index in [1.165, 1.54) is 61.8 Å². The lowest BCUT2D eigenvalue weighted by molar-refractivity contribution is 0.292. The fraction of sp³-hybridized carbons (Fsp3) is 0.226. The SMILES string of the molecule is COc1ccc(S(=O)(=O)N(C)CCCOc2ccccc2C(C)N(c2cc(F)ccc2F)S(=O)(=O)c2ccc(Cl)cc2)cc1. The summed E-state index contributed by atoms with van der Waals surface area (Å²) in [6, 6.07) is 19.5. The third kappa shape index (κ3) is 7.32. The first kappa shape index (κ1) is 33.2. The van der Waals surface area contributed by atoms with Gasteiger partial charge in [-0.1, -0.05) is 29.8 Å². The van der Waals surface area contributed by atoms with Gasteiger partial charge in [-0.05, 0) is 80.1 Å². The summed E-state index contributed by atoms with van der Waals surface area (Å²) < 4.78 is 96.2. The molecule has 1 unspecified atom stereocenters. The first-order chi connectivity index (χ1) is 20.9. The lowest BCUT2D eigenvalue weighted by Crippen LogP contribution is -2.34. The first-order valence-corrected chi connectivity index (χ1v) is 16.7. The number of benzene rings is 4. The third-order valence-electron chi connectivity index (χ3n) is 6.88. The molecule has 0 spiro atoms. The van der Waals surface area contributed by atoms with E-state index in [2.05, 4.69) is 0 Å². The molecular weight excluding hydrogens is 634 g/mol. The minimum atomic E-state index is -4.43. The van der Waals surface area contributed by atoms with Gasteiger partial charge < -0.3 is 9.47 Å². The van der Waals surface area contributed by atoms with Crippen molar-refractivity contribution in [2.75, 3.05) is 31.6 Å². The molecule has 0 aliphatic carbocycles. The Morgan fingerprint density at radius 2 is 1.45 bits per heavy atom. The highest BCUT2D eigenvalue weighted by Gasteiger charge is 2.34. The second kappa shape index (κ2) is 13.9. The molecule has 0 saturated carbocycles. The van der Waals surface area contributed by atoms with Gasteiger partial charge in [0.05, 0.1) is 35.2 Å². The second-order valence-electron chi connectivity index (χ2n) is 9.77. The Morgan fingerprint density at radius 3 is 2.11 bits per heavy atom. The Hall–Kier alpha value is -3.71. The highest BCUT2D eigenvalue weighted by molar-refractivity contribution is 7.92. The summed E-state index contributed by atoms with van der Waals surface area (Å²) in [4.78, 5) is -0.0515. The summed E-state index contributed by atoms with van der Waals surface area (Å²) in [6.45, 7) is 1.76. The molecule has 0 heterocycles. The topological polar surface area (TPSA) is 93.2 Å². The maximum Gasteiger partial charge on any atom is 0.264 e. The molecule has 4 rings (SSSR count). The van der Waals surface area contributed by atoms with Crippen molar-refractivity contribution in [1.82, 2.24) is 4.31 Å². The molecule has 1 atom stereocenters. The van der Waals surface area contributed by atoms with Crippen LogP contribution in [0, 0.1) is 11.6 Å². The van der Waals surface area contributed by atoms with E-state index in [4.69, 9.17) is 21.1 Å². The Morgan fingerprint density at radius 1 is 0.841 bits per heavy atom. The summed E-state index contributed by atoms with van der Waals surface area (Å²) >= 11 is 5.96. The lowest BCUT2D eigenvalue weighted by Gasteiger charge is -2.32. The van der Waals surface area contributed by atoms with Gasteiger partial charge in [0.1, 0.15) is 23.1 Å². The van der Waals surface area contributed by atoms with Crippen molar-refractivity contribution in [2.45, 2.75) is 29.2 Å². The molecule has 13 heteroatoms. The molecule has 234 valence electrons. The molecule has 0 aromatic heterocycles. The summed E-state index contributed by atoms with van der Waals surface area (Å²) in [6.07, 6.45) is 0.305. The van der Waals surface area contributed by atoms with Gasteiger partial charge in [-0.2, -0.15) is 0 Å². The monoisotopic (exact) mass is 664 g/mol. The van der Waals surface area contributed by atoms with E-state index in [-0.39, 0.29) is 22.9 Å². The van der Waals surface area contributed by atoms with Gasteiger partial charge in [0.15, 0.2) is 0 Å². The van der Waals surface area contributed by atoms with Gasteiger partial charge in [-0.15, -0.1) is 0 Å². The van der Waals surface area contributed by atoms with E-state index in [9.17, 15) is 21.2 Å². The number of halogens is 3. The number of rotatable bonds is 13. The van der Waals surface area contributed by atoms with Crippen LogP contribution >= 0.6 is 11.6 Å². The van der Waals surface area contributed by atoms with Gasteiger partial charge in [0, 0.05) is 30.2 Å². The average Bonchev–Trinajstić information content (AvgIpc) is 3.01. The standard InChI is InChI=1S/C31H31ClF2N2O6S2/c1-22(36(30-21-24(33)11-18-29(30)34)44(39,40)27-14-9-23(32)10-15-27)28-7-4-5-8-31(28)42-20-6-19-35(2)43(37,38)26-16-12-25(41-3)13-17-26/h4-5,7-18,21-22H,6,19-20H2,1-3H3. The maximum absolute atomic E-state index is 15.1. The van der Waals surface area contributed by atoms with Crippen LogP contribution in [0.25, 0.3) is 0 Å². The molecular formula is C31H31ClF2N2O6S2. The van der Waals surface area contributed by atoms with Crippen LogP contribution in [0.2, 0.25) is 5.02 Å². The zero-order chi connectivity index (χ0) is 32.1. The third-order valence-corrected chi connectivity index (χ3v) is 10.9. The smallest absolute Gasteiger partial charge is 0.264 e. The molecule has 0 amide bonds. The van der Waals surface area contributed by atoms with E-state index in [0.717, 1.165) is 22.5 Å². The molecule has 0 aliphatic heterocycles. The van der Waals surface area contributed by atoms with E-state index < -0.39 is 43.4 Å². The molecule has 0 N–H and O–H groups in total. The lowest BCUT2D eigenvalue weighted by atomic mass is 10.1. The van der Waals surface area contributed by atoms with Crippen LogP contribution in [-0.2, 0) is 20.0 Å². The minimum absolute atomic E-state index is 0.0878. The fourth-order valence-corrected chi connectivity index (χ4v) is 7.49. The van der Waals surface area contributed by atoms with Crippen molar-refractivity contribution >= 4 is 37.3 Å². The van der Waals surface area contributed by atoms with Crippen molar-refractivity contribution in [3.63, 3.8) is 0 Å². The van der Waals surface area contributed by atoms with Crippen LogP contribution in [-0.4, -0.2) is 48.4 Å². The molecule has 0 fully saturated rings. The van der Waals surface area contributed by atoms with Crippen molar-refractivity contribution in [3.05, 3.63) is 113 Å². The Kier molecular flexibility index (Phi) is 10.5. The zero-order valence-electron chi connectivity index (χ0n) is 24.2. The maximum atomic E-state index is 15.1. The van der Waals surface area contributed by atoms with Gasteiger partial charge >= 0.3 is 0 Å². The summed E-state index contributed by atoms with van der Waals surface area (Å²) in [5.74, 6) is -0.917. The number of ether oxygens (including phenoxy) is 2. The molecule has 0 radical (unpaired) electrons. The normalized spacial score (nSPS) is 12.6. The number of nitrogens with zero attached hydrogens (tertiary/aromatic N) is 2. The van der Waals surface area contributed by atoms with Crippen LogP contribution in [0.15, 0.2) is 101 Å². The van der Waals surface area contributed by atoms with E-state index in [1.807, 2.05) is 0 Å². The van der Waals surface area contributed by atoms with Crippen molar-refractivity contribution in [2.24, 2.45) is 0 Å². The van der Waals surface area contributed by atoms with Gasteiger partial charge in [0.2, 0.25) is 10.0 Å². The van der Waals surface area contributed by atoms with Gasteiger partial charge in [0.25, 0.3) is 10.0 Å². The number of sulfonamides is 2. The highest BCUT2D eigenvalue weighted by Crippen LogP contribution is 2.38. The molecule has 0 bridgehead atoms. The molecule has 0 aliphatic rings. The fourth-order valence-electron chi connectivity index (χ4n) is 4.52. The summed E-state index contributed by atoms with van der Waals surface area (Å²) in [5, 5.41) is 0.307. The summed E-state index contributed by atoms with van der Waals surface area (Å²) in [7, 11) is -5.23.